The molecule has 17 heavy (non-hydrogen) atoms. The van der Waals surface area contributed by atoms with E-state index in [1.807, 2.05) is 24.3 Å². The lowest BCUT2D eigenvalue weighted by atomic mass is 9.99. The van der Waals surface area contributed by atoms with Gasteiger partial charge in [-0.1, -0.05) is 38.1 Å². The Morgan fingerprint density at radius 3 is 2.59 bits per heavy atom. The quantitative estimate of drug-likeness (QED) is 0.807. The van der Waals surface area contributed by atoms with Gasteiger partial charge in [-0.05, 0) is 11.5 Å². The van der Waals surface area contributed by atoms with E-state index >= 15 is 0 Å². The lowest BCUT2D eigenvalue weighted by Gasteiger charge is -2.06. The summed E-state index contributed by atoms with van der Waals surface area (Å²) in [6.07, 6.45) is 0.390. The van der Waals surface area contributed by atoms with Crippen molar-refractivity contribution in [3.63, 3.8) is 0 Å². The molecule has 0 aromatic heterocycles. The lowest BCUT2D eigenvalue weighted by Crippen LogP contribution is -2.21. The van der Waals surface area contributed by atoms with Crippen molar-refractivity contribution >= 4 is 11.6 Å². The Labute approximate surface area is 102 Å². The molecule has 3 heteroatoms. The Morgan fingerprint density at radius 2 is 2.06 bits per heavy atom. The smallest absolute Gasteiger partial charge is 0.170 e. The van der Waals surface area contributed by atoms with E-state index < -0.39 is 0 Å². The van der Waals surface area contributed by atoms with Gasteiger partial charge in [0.15, 0.2) is 5.78 Å². The normalized spacial score (nSPS) is 14.6. The van der Waals surface area contributed by atoms with Crippen molar-refractivity contribution in [3.8, 4) is 0 Å². The largest absolute Gasteiger partial charge is 0.372 e. The molecule has 90 valence electrons. The molecule has 0 aliphatic carbocycles. The van der Waals surface area contributed by atoms with Gasteiger partial charge in [0.05, 0.1) is 13.0 Å². The highest BCUT2D eigenvalue weighted by atomic mass is 16.1. The van der Waals surface area contributed by atoms with Gasteiger partial charge < -0.3 is 5.32 Å². The first kappa shape index (κ1) is 11.8. The van der Waals surface area contributed by atoms with Crippen molar-refractivity contribution in [1.29, 1.82) is 0 Å². The van der Waals surface area contributed by atoms with Crippen LogP contribution in [0.4, 0.5) is 0 Å². The minimum Gasteiger partial charge on any atom is -0.372 e. The van der Waals surface area contributed by atoms with Crippen LogP contribution in [0.15, 0.2) is 29.3 Å². The second-order valence-electron chi connectivity index (χ2n) is 4.63. The maximum Gasteiger partial charge on any atom is 0.170 e. The summed E-state index contributed by atoms with van der Waals surface area (Å²) < 4.78 is 0. The number of amidine groups is 1. The number of hydrogen-bond donors (Lipinski definition) is 1. The molecule has 1 aromatic carbocycles. The number of rotatable bonds is 4. The van der Waals surface area contributed by atoms with Gasteiger partial charge in [-0.3, -0.25) is 9.79 Å². The van der Waals surface area contributed by atoms with Gasteiger partial charge in [0.2, 0.25) is 0 Å². The van der Waals surface area contributed by atoms with E-state index in [0.717, 1.165) is 24.5 Å². The third-order valence-electron chi connectivity index (χ3n) is 2.97. The molecule has 1 heterocycles. The third-order valence-corrected chi connectivity index (χ3v) is 2.97. The molecule has 0 saturated carbocycles. The third kappa shape index (κ3) is 2.93. The molecule has 1 aliphatic heterocycles. The van der Waals surface area contributed by atoms with Crippen LogP contribution in [0.3, 0.4) is 0 Å². The predicted octanol–water partition coefficient (Wildman–Crippen LogP) is 2.38. The van der Waals surface area contributed by atoms with E-state index in [2.05, 4.69) is 24.2 Å². The number of carbonyl (C=O) groups excluding carboxylic acids is 1. The van der Waals surface area contributed by atoms with Crippen LogP contribution in [-0.4, -0.2) is 24.7 Å². The first-order valence-corrected chi connectivity index (χ1v) is 6.07. The second kappa shape index (κ2) is 5.13. The molecular weight excluding hydrogens is 212 g/mol. The average Bonchev–Trinajstić information content (AvgIpc) is 2.82. The highest BCUT2D eigenvalue weighted by Gasteiger charge is 2.12. The summed E-state index contributed by atoms with van der Waals surface area (Å²) in [4.78, 5) is 16.2. The Hall–Kier alpha value is -1.64. The monoisotopic (exact) mass is 230 g/mol. The number of nitrogens with zero attached hydrogens (tertiary/aromatic N) is 1. The van der Waals surface area contributed by atoms with E-state index in [0.29, 0.717) is 12.3 Å². The van der Waals surface area contributed by atoms with E-state index in [4.69, 9.17) is 0 Å². The zero-order chi connectivity index (χ0) is 12.3. The number of Topliss-reactive ketones (excluding diaryl/α,β-unsaturated/α-hetero) is 1. The summed E-state index contributed by atoms with van der Waals surface area (Å²) in [6, 6.07) is 7.88. The summed E-state index contributed by atoms with van der Waals surface area (Å²) in [5.74, 6) is 1.46. The van der Waals surface area contributed by atoms with Crippen LogP contribution >= 0.6 is 0 Å². The minimum atomic E-state index is 0.133. The highest BCUT2D eigenvalue weighted by Crippen LogP contribution is 2.15. The molecule has 2 rings (SSSR count). The van der Waals surface area contributed by atoms with Crippen molar-refractivity contribution in [2.24, 2.45) is 4.99 Å². The van der Waals surface area contributed by atoms with E-state index in [-0.39, 0.29) is 5.78 Å². The van der Waals surface area contributed by atoms with Crippen LogP contribution in [-0.2, 0) is 0 Å². The van der Waals surface area contributed by atoms with Gasteiger partial charge in [-0.2, -0.15) is 0 Å². The summed E-state index contributed by atoms with van der Waals surface area (Å²) in [5, 5.41) is 3.12. The van der Waals surface area contributed by atoms with Gasteiger partial charge in [-0.25, -0.2) is 0 Å². The zero-order valence-corrected chi connectivity index (χ0v) is 10.4. The van der Waals surface area contributed by atoms with Crippen molar-refractivity contribution in [3.05, 3.63) is 35.4 Å². The van der Waals surface area contributed by atoms with Crippen LogP contribution in [0, 0.1) is 0 Å². The molecule has 1 aromatic rings. The molecule has 0 atom stereocenters. The molecule has 0 saturated heterocycles. The van der Waals surface area contributed by atoms with E-state index in [1.54, 1.807) is 0 Å². The number of aliphatic imine (C=N–C) groups is 1. The molecule has 1 N–H and O–H groups in total. The van der Waals surface area contributed by atoms with Gasteiger partial charge in [0, 0.05) is 12.1 Å². The average molecular weight is 230 g/mol. The Morgan fingerprint density at radius 1 is 1.35 bits per heavy atom. The first-order chi connectivity index (χ1) is 8.16. The molecule has 0 unspecified atom stereocenters. The number of benzene rings is 1. The number of carbonyl (C=O) groups is 1. The molecule has 0 spiro atoms. The fourth-order valence-electron chi connectivity index (χ4n) is 1.87. The molecule has 1 aliphatic rings. The van der Waals surface area contributed by atoms with Crippen molar-refractivity contribution in [2.75, 3.05) is 13.1 Å². The van der Waals surface area contributed by atoms with Crippen LogP contribution in [0.25, 0.3) is 0 Å². The predicted molar refractivity (Wildman–Crippen MR) is 69.8 cm³/mol. The second-order valence-corrected chi connectivity index (χ2v) is 4.63. The molecular formula is C14H18N2O. The summed E-state index contributed by atoms with van der Waals surface area (Å²) >= 11 is 0. The number of nitrogens with one attached hydrogen (secondary N) is 1. The fourth-order valence-corrected chi connectivity index (χ4v) is 1.87. The lowest BCUT2D eigenvalue weighted by molar-refractivity contribution is 0.1000. The standard InChI is InChI=1S/C14H18N2O/c1-10(2)11-3-5-12(6-4-11)13(17)9-14-15-7-8-16-14/h3-6,10H,7-9H2,1-2H3,(H,15,16). The van der Waals surface area contributed by atoms with Crippen LogP contribution in [0.1, 0.15) is 42.1 Å². The summed E-state index contributed by atoms with van der Waals surface area (Å²) in [5.41, 5.74) is 2.03. The van der Waals surface area contributed by atoms with Crippen molar-refractivity contribution in [2.45, 2.75) is 26.2 Å². The molecule has 0 radical (unpaired) electrons. The maximum absolute atomic E-state index is 12.0. The molecule has 0 fully saturated rings. The van der Waals surface area contributed by atoms with Crippen molar-refractivity contribution in [1.82, 2.24) is 5.32 Å². The van der Waals surface area contributed by atoms with E-state index in [1.165, 1.54) is 5.56 Å². The fraction of sp³-hybridized carbons (Fsp3) is 0.429. The zero-order valence-electron chi connectivity index (χ0n) is 10.4. The highest BCUT2D eigenvalue weighted by molar-refractivity contribution is 6.09. The molecule has 3 nitrogen and oxygen atoms in total. The van der Waals surface area contributed by atoms with Crippen LogP contribution in [0.2, 0.25) is 0 Å². The van der Waals surface area contributed by atoms with Gasteiger partial charge >= 0.3 is 0 Å². The maximum atomic E-state index is 12.0. The number of hydrogen-bond acceptors (Lipinski definition) is 3. The van der Waals surface area contributed by atoms with E-state index in [9.17, 15) is 4.79 Å². The first-order valence-electron chi connectivity index (χ1n) is 6.07. The van der Waals surface area contributed by atoms with Crippen LogP contribution < -0.4 is 5.32 Å². The summed E-state index contributed by atoms with van der Waals surface area (Å²) in [6.45, 7) is 5.94. The molecule has 0 amide bonds. The SMILES string of the molecule is CC(C)c1ccc(C(=O)CC2=NCCN2)cc1. The Bertz CT molecular complexity index is 432. The Kier molecular flexibility index (Phi) is 3.57. The summed E-state index contributed by atoms with van der Waals surface area (Å²) in [7, 11) is 0. The van der Waals surface area contributed by atoms with Gasteiger partial charge in [-0.15, -0.1) is 0 Å². The number of ketones is 1. The minimum absolute atomic E-state index is 0.133. The van der Waals surface area contributed by atoms with Crippen molar-refractivity contribution < 1.29 is 4.79 Å². The molecule has 0 bridgehead atoms. The Balaban J connectivity index is 2.04. The van der Waals surface area contributed by atoms with Gasteiger partial charge in [0.1, 0.15) is 5.84 Å². The topological polar surface area (TPSA) is 41.5 Å². The van der Waals surface area contributed by atoms with Gasteiger partial charge in [0.25, 0.3) is 0 Å². The van der Waals surface area contributed by atoms with Crippen LogP contribution in [0.5, 0.6) is 0 Å².